The topological polar surface area (TPSA) is 42.0 Å². The Balaban J connectivity index is 1.80. The van der Waals surface area contributed by atoms with E-state index >= 15 is 0 Å². The third-order valence-electron chi connectivity index (χ3n) is 4.35. The van der Waals surface area contributed by atoms with Crippen LogP contribution in [-0.2, 0) is 0 Å². The molecule has 0 aliphatic carbocycles. The molecule has 1 heterocycles. The maximum atomic E-state index is 13.5. The number of nitrogens with zero attached hydrogens (tertiary/aromatic N) is 1. The van der Waals surface area contributed by atoms with E-state index < -0.39 is 17.5 Å². The van der Waals surface area contributed by atoms with Crippen molar-refractivity contribution in [3.8, 4) is 11.3 Å². The minimum absolute atomic E-state index is 0.144. The van der Waals surface area contributed by atoms with Crippen molar-refractivity contribution in [1.82, 2.24) is 4.98 Å². The lowest BCUT2D eigenvalue weighted by Gasteiger charge is -2.11. The van der Waals surface area contributed by atoms with E-state index in [2.05, 4.69) is 10.3 Å². The van der Waals surface area contributed by atoms with Crippen molar-refractivity contribution in [2.24, 2.45) is 0 Å². The van der Waals surface area contributed by atoms with Crippen molar-refractivity contribution in [3.05, 3.63) is 94.0 Å². The van der Waals surface area contributed by atoms with Gasteiger partial charge in [0.05, 0.1) is 26.8 Å². The normalized spacial score (nSPS) is 10.9. The first kappa shape index (κ1) is 19.3. The molecule has 0 atom stereocenters. The number of hydrogen-bond acceptors (Lipinski definition) is 2. The quantitative estimate of drug-likeness (QED) is 0.392. The lowest BCUT2D eigenvalue weighted by atomic mass is 10.0. The molecule has 0 aliphatic rings. The van der Waals surface area contributed by atoms with Gasteiger partial charge in [-0.25, -0.2) is 13.8 Å². The summed E-state index contributed by atoms with van der Waals surface area (Å²) in [7, 11) is 0. The minimum Gasteiger partial charge on any atom is -0.322 e. The number of rotatable bonds is 3. The molecule has 0 unspecified atom stereocenters. The molecule has 1 amide bonds. The summed E-state index contributed by atoms with van der Waals surface area (Å²) in [6.45, 7) is 0. The van der Waals surface area contributed by atoms with Gasteiger partial charge in [-0.1, -0.05) is 47.5 Å². The summed E-state index contributed by atoms with van der Waals surface area (Å²) in [6.07, 6.45) is 0. The van der Waals surface area contributed by atoms with Crippen molar-refractivity contribution in [3.63, 3.8) is 0 Å². The number of carbonyl (C=O) groups excluding carboxylic acids is 1. The molecule has 0 fully saturated rings. The standard InChI is InChI=1S/C22H12Cl2F2N2O/c23-16-7-5-12(9-17(16)24)21-11-15(14-3-1-2-4-20(14)28-21)22(29)27-13-6-8-18(25)19(26)10-13/h1-11H,(H,27,29). The van der Waals surface area contributed by atoms with Crippen molar-refractivity contribution >= 4 is 45.7 Å². The van der Waals surface area contributed by atoms with Crippen molar-refractivity contribution in [1.29, 1.82) is 0 Å². The monoisotopic (exact) mass is 428 g/mol. The highest BCUT2D eigenvalue weighted by Gasteiger charge is 2.15. The summed E-state index contributed by atoms with van der Waals surface area (Å²) < 4.78 is 26.6. The summed E-state index contributed by atoms with van der Waals surface area (Å²) in [5, 5.41) is 4.00. The van der Waals surface area contributed by atoms with Gasteiger partial charge in [-0.2, -0.15) is 0 Å². The zero-order chi connectivity index (χ0) is 20.5. The molecule has 0 saturated carbocycles. The van der Waals surface area contributed by atoms with Gasteiger partial charge in [0.15, 0.2) is 11.6 Å². The van der Waals surface area contributed by atoms with Gasteiger partial charge in [0.2, 0.25) is 0 Å². The van der Waals surface area contributed by atoms with Crippen LogP contribution >= 0.6 is 23.2 Å². The number of nitrogens with one attached hydrogen (secondary N) is 1. The molecule has 0 bridgehead atoms. The van der Waals surface area contributed by atoms with Gasteiger partial charge in [-0.05, 0) is 36.4 Å². The molecule has 1 N–H and O–H groups in total. The highest BCUT2D eigenvalue weighted by Crippen LogP contribution is 2.30. The highest BCUT2D eigenvalue weighted by atomic mass is 35.5. The summed E-state index contributed by atoms with van der Waals surface area (Å²) in [5.74, 6) is -2.51. The van der Waals surface area contributed by atoms with Crippen LogP contribution in [0.3, 0.4) is 0 Å². The van der Waals surface area contributed by atoms with E-state index in [0.29, 0.717) is 37.8 Å². The third kappa shape index (κ3) is 3.92. The molecule has 3 aromatic carbocycles. The number of para-hydroxylation sites is 1. The number of pyridine rings is 1. The number of fused-ring (bicyclic) bond motifs is 1. The van der Waals surface area contributed by atoms with Crippen LogP contribution < -0.4 is 5.32 Å². The summed E-state index contributed by atoms with van der Waals surface area (Å²) in [5.41, 5.74) is 2.29. The zero-order valence-electron chi connectivity index (χ0n) is 14.7. The average Bonchev–Trinajstić information content (AvgIpc) is 2.72. The smallest absolute Gasteiger partial charge is 0.256 e. The number of amides is 1. The Hall–Kier alpha value is -3.02. The molecule has 0 spiro atoms. The Labute approximate surface area is 174 Å². The maximum Gasteiger partial charge on any atom is 0.256 e. The summed E-state index contributed by atoms with van der Waals surface area (Å²) >= 11 is 12.1. The van der Waals surface area contributed by atoms with Crippen LogP contribution in [-0.4, -0.2) is 10.9 Å². The Kier molecular flexibility index (Phi) is 5.18. The Bertz CT molecular complexity index is 1260. The fourth-order valence-corrected chi connectivity index (χ4v) is 3.24. The number of halogens is 4. The number of aromatic nitrogens is 1. The van der Waals surface area contributed by atoms with Crippen LogP contribution in [0.4, 0.5) is 14.5 Å². The first-order valence-corrected chi connectivity index (χ1v) is 9.29. The molecule has 0 aliphatic heterocycles. The van der Waals surface area contributed by atoms with E-state index in [1.807, 2.05) is 6.07 Å². The van der Waals surface area contributed by atoms with Crippen molar-refractivity contribution < 1.29 is 13.6 Å². The fraction of sp³-hybridized carbons (Fsp3) is 0. The van der Waals surface area contributed by atoms with Gasteiger partial charge in [0, 0.05) is 22.7 Å². The van der Waals surface area contributed by atoms with Crippen LogP contribution in [0.15, 0.2) is 66.7 Å². The molecule has 29 heavy (non-hydrogen) atoms. The molecule has 4 aromatic rings. The molecular weight excluding hydrogens is 417 g/mol. The number of benzene rings is 3. The van der Waals surface area contributed by atoms with Gasteiger partial charge in [0.25, 0.3) is 5.91 Å². The fourth-order valence-electron chi connectivity index (χ4n) is 2.94. The Morgan fingerprint density at radius 3 is 2.41 bits per heavy atom. The summed E-state index contributed by atoms with van der Waals surface area (Å²) in [6, 6.07) is 17.0. The Morgan fingerprint density at radius 2 is 1.66 bits per heavy atom. The molecule has 3 nitrogen and oxygen atoms in total. The first-order valence-electron chi connectivity index (χ1n) is 8.54. The average molecular weight is 429 g/mol. The lowest BCUT2D eigenvalue weighted by Crippen LogP contribution is -2.13. The lowest BCUT2D eigenvalue weighted by molar-refractivity contribution is 0.102. The van der Waals surface area contributed by atoms with E-state index in [1.54, 1.807) is 42.5 Å². The van der Waals surface area contributed by atoms with Gasteiger partial charge in [-0.15, -0.1) is 0 Å². The molecule has 144 valence electrons. The molecule has 1 aromatic heterocycles. The van der Waals surface area contributed by atoms with Crippen LogP contribution in [0, 0.1) is 11.6 Å². The largest absolute Gasteiger partial charge is 0.322 e. The second-order valence-corrected chi connectivity index (χ2v) is 7.10. The molecule has 4 rings (SSSR count). The van der Waals surface area contributed by atoms with E-state index in [4.69, 9.17) is 23.2 Å². The second kappa shape index (κ2) is 7.78. The summed E-state index contributed by atoms with van der Waals surface area (Å²) in [4.78, 5) is 17.5. The predicted octanol–water partition coefficient (Wildman–Crippen LogP) is 6.74. The number of carbonyl (C=O) groups is 1. The highest BCUT2D eigenvalue weighted by molar-refractivity contribution is 6.42. The molecule has 0 radical (unpaired) electrons. The molecule has 0 saturated heterocycles. The van der Waals surface area contributed by atoms with Crippen LogP contribution in [0.2, 0.25) is 10.0 Å². The third-order valence-corrected chi connectivity index (χ3v) is 5.09. The predicted molar refractivity (Wildman–Crippen MR) is 112 cm³/mol. The van der Waals surface area contributed by atoms with Gasteiger partial charge in [-0.3, -0.25) is 4.79 Å². The maximum absolute atomic E-state index is 13.5. The number of hydrogen-bond donors (Lipinski definition) is 1. The SMILES string of the molecule is O=C(Nc1ccc(F)c(F)c1)c1cc(-c2ccc(Cl)c(Cl)c2)nc2ccccc12. The van der Waals surface area contributed by atoms with Crippen molar-refractivity contribution in [2.45, 2.75) is 0 Å². The van der Waals surface area contributed by atoms with Crippen LogP contribution in [0.1, 0.15) is 10.4 Å². The van der Waals surface area contributed by atoms with Crippen LogP contribution in [0.5, 0.6) is 0 Å². The number of anilines is 1. The van der Waals surface area contributed by atoms with E-state index in [1.165, 1.54) is 6.07 Å². The van der Waals surface area contributed by atoms with Gasteiger partial charge >= 0.3 is 0 Å². The van der Waals surface area contributed by atoms with E-state index in [-0.39, 0.29) is 5.69 Å². The van der Waals surface area contributed by atoms with Gasteiger partial charge in [0.1, 0.15) is 0 Å². The van der Waals surface area contributed by atoms with E-state index in [0.717, 1.165) is 12.1 Å². The Morgan fingerprint density at radius 1 is 0.862 bits per heavy atom. The molecular formula is C22H12Cl2F2N2O. The minimum atomic E-state index is -1.04. The van der Waals surface area contributed by atoms with Gasteiger partial charge < -0.3 is 5.32 Å². The molecule has 7 heteroatoms. The second-order valence-electron chi connectivity index (χ2n) is 6.28. The van der Waals surface area contributed by atoms with Crippen LogP contribution in [0.25, 0.3) is 22.2 Å². The van der Waals surface area contributed by atoms with Crippen molar-refractivity contribution in [2.75, 3.05) is 5.32 Å². The first-order chi connectivity index (χ1) is 13.9. The zero-order valence-corrected chi connectivity index (χ0v) is 16.2. The van der Waals surface area contributed by atoms with E-state index in [9.17, 15) is 13.6 Å².